The molecule has 7 heteroatoms. The zero-order chi connectivity index (χ0) is 24.7. The molecule has 1 heterocycles. The monoisotopic (exact) mass is 492 g/mol. The zero-order valence-corrected chi connectivity index (χ0v) is 21.2. The van der Waals surface area contributed by atoms with E-state index in [9.17, 15) is 13.2 Å². The van der Waals surface area contributed by atoms with E-state index in [0.717, 1.165) is 29.6 Å². The molecule has 3 nitrogen and oxygen atoms in total. The van der Waals surface area contributed by atoms with Gasteiger partial charge >= 0.3 is 6.18 Å². The van der Waals surface area contributed by atoms with E-state index in [-0.39, 0.29) is 30.1 Å². The number of ether oxygens (including phenoxy) is 2. The molecule has 0 aliphatic carbocycles. The Labute approximate surface area is 202 Å². The highest BCUT2D eigenvalue weighted by molar-refractivity contribution is 6.99. The van der Waals surface area contributed by atoms with Crippen molar-refractivity contribution in [2.75, 3.05) is 19.8 Å². The van der Waals surface area contributed by atoms with E-state index in [4.69, 9.17) is 13.9 Å². The molecular formula is C27H35F3O3Si. The van der Waals surface area contributed by atoms with Crippen LogP contribution in [-0.4, -0.2) is 40.6 Å². The number of halogens is 3. The predicted molar refractivity (Wildman–Crippen MR) is 132 cm³/mol. The molecule has 34 heavy (non-hydrogen) atoms. The molecule has 186 valence electrons. The van der Waals surface area contributed by atoms with Crippen LogP contribution in [0.3, 0.4) is 0 Å². The van der Waals surface area contributed by atoms with Gasteiger partial charge in [-0.3, -0.25) is 0 Å². The molecular weight excluding hydrogens is 457 g/mol. The fourth-order valence-corrected chi connectivity index (χ4v) is 9.08. The van der Waals surface area contributed by atoms with Crippen molar-refractivity contribution in [1.29, 1.82) is 0 Å². The third-order valence-electron chi connectivity index (χ3n) is 6.11. The van der Waals surface area contributed by atoms with Crippen LogP contribution in [0.25, 0.3) is 0 Å². The molecule has 1 aliphatic heterocycles. The van der Waals surface area contributed by atoms with E-state index in [1.54, 1.807) is 0 Å². The molecule has 2 aromatic carbocycles. The van der Waals surface area contributed by atoms with Crippen molar-refractivity contribution in [2.24, 2.45) is 0 Å². The normalized spacial score (nSPS) is 18.2. The van der Waals surface area contributed by atoms with E-state index >= 15 is 0 Å². The predicted octanol–water partition coefficient (Wildman–Crippen LogP) is 5.99. The summed E-state index contributed by atoms with van der Waals surface area (Å²) in [4.78, 5) is 0. The lowest BCUT2D eigenvalue weighted by atomic mass is 10.2. The second-order valence-electron chi connectivity index (χ2n) is 9.74. The largest absolute Gasteiger partial charge is 0.403 e. The number of rotatable bonds is 9. The first kappa shape index (κ1) is 26.7. The van der Waals surface area contributed by atoms with Crippen LogP contribution < -0.4 is 10.4 Å². The first-order valence-electron chi connectivity index (χ1n) is 11.8. The van der Waals surface area contributed by atoms with Gasteiger partial charge in [-0.1, -0.05) is 87.5 Å². The molecule has 2 aromatic rings. The quantitative estimate of drug-likeness (QED) is 0.318. The summed E-state index contributed by atoms with van der Waals surface area (Å²) in [6.45, 7) is 6.91. The van der Waals surface area contributed by atoms with Crippen molar-refractivity contribution in [2.45, 2.75) is 64.0 Å². The van der Waals surface area contributed by atoms with Gasteiger partial charge < -0.3 is 13.9 Å². The Morgan fingerprint density at radius 3 is 2.03 bits per heavy atom. The molecule has 0 N–H and O–H groups in total. The first-order valence-corrected chi connectivity index (χ1v) is 13.8. The molecule has 3 rings (SSSR count). The van der Waals surface area contributed by atoms with Crippen LogP contribution in [0.1, 0.15) is 46.5 Å². The lowest BCUT2D eigenvalue weighted by Gasteiger charge is -2.43. The molecule has 0 saturated carbocycles. The number of alkyl halides is 3. The van der Waals surface area contributed by atoms with E-state index in [0.29, 0.717) is 6.61 Å². The number of hydrogen-bond acceptors (Lipinski definition) is 3. The molecule has 1 aliphatic rings. The maximum Gasteiger partial charge on any atom is 0.392 e. The topological polar surface area (TPSA) is 27.7 Å². The van der Waals surface area contributed by atoms with Crippen molar-refractivity contribution < 1.29 is 27.1 Å². The second kappa shape index (κ2) is 11.7. The minimum Gasteiger partial charge on any atom is -0.403 e. The molecule has 1 fully saturated rings. The van der Waals surface area contributed by atoms with Gasteiger partial charge in [0.15, 0.2) is 6.29 Å². The van der Waals surface area contributed by atoms with Gasteiger partial charge in [0.05, 0.1) is 19.6 Å². The summed E-state index contributed by atoms with van der Waals surface area (Å²) in [5, 5.41) is 1.75. The average molecular weight is 493 g/mol. The summed E-state index contributed by atoms with van der Waals surface area (Å²) in [7, 11) is -2.93. The summed E-state index contributed by atoms with van der Waals surface area (Å²) in [5.41, 5.74) is 0.177. The SMILES string of the molecule is CC(C)(C)[Si](OC/C(=C/COC1CCCCO1)CC(F)(F)F)(c1ccccc1)c1ccccc1. The second-order valence-corrected chi connectivity index (χ2v) is 14.0. The average Bonchev–Trinajstić information content (AvgIpc) is 2.79. The molecule has 0 radical (unpaired) electrons. The maximum absolute atomic E-state index is 13.4. The lowest BCUT2D eigenvalue weighted by Crippen LogP contribution is -2.66. The minimum absolute atomic E-state index is 0.0696. The lowest BCUT2D eigenvalue weighted by molar-refractivity contribution is -0.155. The molecule has 1 saturated heterocycles. The van der Waals surface area contributed by atoms with Crippen LogP contribution >= 0.6 is 0 Å². The van der Waals surface area contributed by atoms with E-state index < -0.39 is 20.9 Å². The van der Waals surface area contributed by atoms with Crippen LogP contribution in [0.2, 0.25) is 5.04 Å². The standard InChI is InChI=1S/C27H35F3O3Si/c1-26(2,3)34(23-12-6-4-7-13-23,24-14-8-5-9-15-24)33-21-22(20-27(28,29)30)17-19-32-25-16-10-11-18-31-25/h4-9,12-15,17,25H,10-11,16,18-21H2,1-3H3/b22-17+. The smallest absolute Gasteiger partial charge is 0.392 e. The summed E-state index contributed by atoms with van der Waals surface area (Å²) in [6.07, 6.45) is -1.44. The van der Waals surface area contributed by atoms with Gasteiger partial charge in [-0.2, -0.15) is 13.2 Å². The molecule has 0 amide bonds. The van der Waals surface area contributed by atoms with Crippen LogP contribution in [-0.2, 0) is 13.9 Å². The molecule has 0 bridgehead atoms. The molecule has 1 atom stereocenters. The van der Waals surface area contributed by atoms with Crippen molar-refractivity contribution in [3.63, 3.8) is 0 Å². The Kier molecular flexibility index (Phi) is 9.15. The fraction of sp³-hybridized carbons (Fsp3) is 0.481. The van der Waals surface area contributed by atoms with Crippen LogP contribution in [0.4, 0.5) is 13.2 Å². The molecule has 0 aromatic heterocycles. The highest BCUT2D eigenvalue weighted by Crippen LogP contribution is 2.37. The third-order valence-corrected chi connectivity index (χ3v) is 11.1. The van der Waals surface area contributed by atoms with Crippen LogP contribution in [0.5, 0.6) is 0 Å². The zero-order valence-electron chi connectivity index (χ0n) is 20.2. The van der Waals surface area contributed by atoms with Crippen molar-refractivity contribution >= 4 is 18.7 Å². The van der Waals surface area contributed by atoms with Crippen molar-refractivity contribution in [3.8, 4) is 0 Å². The Hall–Kier alpha value is -1.93. The third kappa shape index (κ3) is 7.04. The Balaban J connectivity index is 1.90. The molecule has 1 unspecified atom stereocenters. The summed E-state index contributed by atoms with van der Waals surface area (Å²) in [6, 6.07) is 19.8. The van der Waals surface area contributed by atoms with E-state index in [1.807, 2.05) is 60.7 Å². The minimum atomic E-state index is -4.33. The fourth-order valence-electron chi connectivity index (χ4n) is 4.52. The van der Waals surface area contributed by atoms with Crippen molar-refractivity contribution in [3.05, 3.63) is 72.3 Å². The number of benzene rings is 2. The highest BCUT2D eigenvalue weighted by atomic mass is 28.4. The van der Waals surface area contributed by atoms with E-state index in [2.05, 4.69) is 20.8 Å². The summed E-state index contributed by atoms with van der Waals surface area (Å²) in [5.74, 6) is 0. The highest BCUT2D eigenvalue weighted by Gasteiger charge is 2.50. The van der Waals surface area contributed by atoms with E-state index in [1.165, 1.54) is 6.08 Å². The van der Waals surface area contributed by atoms with Gasteiger partial charge in [0.2, 0.25) is 0 Å². The van der Waals surface area contributed by atoms with Crippen LogP contribution in [0.15, 0.2) is 72.3 Å². The Bertz CT molecular complexity index is 863. The van der Waals surface area contributed by atoms with Gasteiger partial charge in [-0.25, -0.2) is 0 Å². The van der Waals surface area contributed by atoms with Gasteiger partial charge in [0, 0.05) is 6.61 Å². The van der Waals surface area contributed by atoms with Crippen LogP contribution in [0, 0.1) is 0 Å². The van der Waals surface area contributed by atoms with Crippen molar-refractivity contribution in [1.82, 2.24) is 0 Å². The Morgan fingerprint density at radius 1 is 0.971 bits per heavy atom. The van der Waals surface area contributed by atoms with Gasteiger partial charge in [-0.15, -0.1) is 0 Å². The summed E-state index contributed by atoms with van der Waals surface area (Å²) < 4.78 is 58.2. The number of hydrogen-bond donors (Lipinski definition) is 0. The van der Waals surface area contributed by atoms with Gasteiger partial charge in [0.1, 0.15) is 0 Å². The first-order chi connectivity index (χ1) is 16.1. The molecule has 0 spiro atoms. The summed E-state index contributed by atoms with van der Waals surface area (Å²) >= 11 is 0. The maximum atomic E-state index is 13.4. The Morgan fingerprint density at radius 2 is 1.56 bits per heavy atom. The van der Waals surface area contributed by atoms with Gasteiger partial charge in [0.25, 0.3) is 8.32 Å². The van der Waals surface area contributed by atoms with Gasteiger partial charge in [-0.05, 0) is 40.2 Å².